The van der Waals surface area contributed by atoms with Crippen molar-refractivity contribution in [1.29, 1.82) is 0 Å². The number of aromatic amines is 1. The first-order valence-electron chi connectivity index (χ1n) is 6.39. The van der Waals surface area contributed by atoms with E-state index in [1.54, 1.807) is 16.8 Å². The fourth-order valence-corrected chi connectivity index (χ4v) is 2.90. The van der Waals surface area contributed by atoms with Crippen molar-refractivity contribution in [2.45, 2.75) is 31.0 Å². The molecular formula is C12H16N4O4S. The number of ether oxygens (including phenoxy) is 1. The summed E-state index contributed by atoms with van der Waals surface area (Å²) in [5, 5.41) is 30.4. The van der Waals surface area contributed by atoms with Gasteiger partial charge in [-0.1, -0.05) is 12.2 Å². The molecular weight excluding hydrogens is 296 g/mol. The van der Waals surface area contributed by atoms with Gasteiger partial charge in [-0.05, 0) is 13.0 Å². The third kappa shape index (κ3) is 2.05. The summed E-state index contributed by atoms with van der Waals surface area (Å²) in [4.78, 5) is 6.91. The number of aliphatic hydroxyl groups excluding tert-OH is 2. The Morgan fingerprint density at radius 3 is 2.95 bits per heavy atom. The van der Waals surface area contributed by atoms with Gasteiger partial charge in [0.25, 0.3) is 0 Å². The molecule has 4 atom stereocenters. The molecule has 2 aromatic rings. The van der Waals surface area contributed by atoms with Crippen molar-refractivity contribution in [2.24, 2.45) is 0 Å². The number of anilines is 1. The van der Waals surface area contributed by atoms with E-state index in [0.29, 0.717) is 15.7 Å². The molecule has 0 radical (unpaired) electrons. The fraction of sp³-hybridized carbons (Fsp3) is 0.500. The number of rotatable bonds is 2. The Hall–Kier alpha value is -1.52. The molecule has 0 amide bonds. The topological polar surface area (TPSA) is 130 Å². The lowest BCUT2D eigenvalue weighted by atomic mass is 9.96. The van der Waals surface area contributed by atoms with Crippen LogP contribution in [0.5, 0.6) is 0 Å². The lowest BCUT2D eigenvalue weighted by Gasteiger charge is -2.27. The molecule has 0 saturated carbocycles. The maximum absolute atomic E-state index is 10.5. The van der Waals surface area contributed by atoms with Gasteiger partial charge in [-0.2, -0.15) is 4.98 Å². The highest BCUT2D eigenvalue weighted by Crippen LogP contribution is 2.39. The van der Waals surface area contributed by atoms with Crippen LogP contribution in [-0.4, -0.2) is 54.3 Å². The van der Waals surface area contributed by atoms with E-state index in [1.807, 2.05) is 0 Å². The first-order chi connectivity index (χ1) is 9.86. The van der Waals surface area contributed by atoms with Gasteiger partial charge in [-0.3, -0.25) is 0 Å². The number of nitrogens with zero attached hydrogens (tertiary/aromatic N) is 2. The van der Waals surface area contributed by atoms with Crippen molar-refractivity contribution in [2.75, 3.05) is 12.3 Å². The average molecular weight is 312 g/mol. The smallest absolute Gasteiger partial charge is 0.200 e. The molecule has 114 valence electrons. The van der Waals surface area contributed by atoms with E-state index in [1.165, 1.54) is 6.92 Å². The van der Waals surface area contributed by atoms with Gasteiger partial charge in [0, 0.05) is 6.20 Å². The Kier molecular flexibility index (Phi) is 3.26. The van der Waals surface area contributed by atoms with Gasteiger partial charge in [0.2, 0.25) is 0 Å². The number of aliphatic hydroxyl groups is 3. The summed E-state index contributed by atoms with van der Waals surface area (Å²) < 4.78 is 7.53. The molecule has 8 nitrogen and oxygen atoms in total. The number of nitrogen functional groups attached to an aromatic ring is 1. The van der Waals surface area contributed by atoms with E-state index in [2.05, 4.69) is 9.97 Å². The van der Waals surface area contributed by atoms with Crippen molar-refractivity contribution in [3.63, 3.8) is 0 Å². The van der Waals surface area contributed by atoms with Gasteiger partial charge in [0.1, 0.15) is 28.1 Å². The third-order valence-corrected chi connectivity index (χ3v) is 4.11. The largest absolute Gasteiger partial charge is 0.394 e. The van der Waals surface area contributed by atoms with Gasteiger partial charge in [-0.15, -0.1) is 0 Å². The Bertz CT molecular complexity index is 740. The molecule has 0 bridgehead atoms. The van der Waals surface area contributed by atoms with Crippen LogP contribution in [0, 0.1) is 4.64 Å². The second kappa shape index (κ2) is 4.75. The first-order valence-corrected chi connectivity index (χ1v) is 6.80. The summed E-state index contributed by atoms with van der Waals surface area (Å²) in [6.07, 6.45) is -1.36. The van der Waals surface area contributed by atoms with Crippen LogP contribution >= 0.6 is 12.2 Å². The number of hydrogen-bond donors (Lipinski definition) is 5. The second-order valence-electron chi connectivity index (χ2n) is 5.29. The Morgan fingerprint density at radius 2 is 2.33 bits per heavy atom. The zero-order chi connectivity index (χ0) is 15.4. The van der Waals surface area contributed by atoms with E-state index in [-0.39, 0.29) is 5.95 Å². The minimum Gasteiger partial charge on any atom is -0.394 e. The molecule has 21 heavy (non-hydrogen) atoms. The number of aromatic nitrogens is 3. The first kappa shape index (κ1) is 14.4. The van der Waals surface area contributed by atoms with Crippen molar-refractivity contribution in [3.05, 3.63) is 16.9 Å². The van der Waals surface area contributed by atoms with Crippen LogP contribution in [0.25, 0.3) is 11.0 Å². The predicted octanol–water partition coefficient (Wildman–Crippen LogP) is -0.322. The average Bonchev–Trinajstić information content (AvgIpc) is 2.91. The maximum atomic E-state index is 10.5. The van der Waals surface area contributed by atoms with Crippen molar-refractivity contribution in [1.82, 2.24) is 14.5 Å². The van der Waals surface area contributed by atoms with Crippen LogP contribution in [-0.2, 0) is 4.74 Å². The molecule has 1 saturated heterocycles. The Morgan fingerprint density at radius 1 is 1.62 bits per heavy atom. The molecule has 3 heterocycles. The highest BCUT2D eigenvalue weighted by molar-refractivity contribution is 7.71. The standard InChI is InChI=1S/C12H16N4O4S/c1-12(19)7(18)6(4-17)20-10(12)16-3-2-5-8(16)14-11(13)15-9(5)21/h2-3,6-7,10,17-19H,4H2,1H3,(H3,13,14,15,21)/t6-,7?,10-,12-/m1/s1. The van der Waals surface area contributed by atoms with Gasteiger partial charge < -0.3 is 35.3 Å². The molecule has 2 aromatic heterocycles. The predicted molar refractivity (Wildman–Crippen MR) is 77.0 cm³/mol. The van der Waals surface area contributed by atoms with E-state index in [0.717, 1.165) is 0 Å². The molecule has 6 N–H and O–H groups in total. The van der Waals surface area contributed by atoms with Crippen LogP contribution in [0.4, 0.5) is 5.95 Å². The van der Waals surface area contributed by atoms with Gasteiger partial charge in [0.05, 0.1) is 12.0 Å². The molecule has 0 aliphatic carbocycles. The van der Waals surface area contributed by atoms with E-state index >= 15 is 0 Å². The van der Waals surface area contributed by atoms with Crippen LogP contribution in [0.1, 0.15) is 13.2 Å². The lowest BCUT2D eigenvalue weighted by Crippen LogP contribution is -2.44. The number of nitrogens with two attached hydrogens (primary N) is 1. The van der Waals surface area contributed by atoms with Gasteiger partial charge in [-0.25, -0.2) is 0 Å². The van der Waals surface area contributed by atoms with Crippen LogP contribution in [0.15, 0.2) is 12.3 Å². The van der Waals surface area contributed by atoms with Crippen molar-refractivity contribution in [3.8, 4) is 0 Å². The summed E-state index contributed by atoms with van der Waals surface area (Å²) in [6, 6.07) is 1.72. The molecule has 3 rings (SSSR count). The molecule has 1 aliphatic rings. The van der Waals surface area contributed by atoms with E-state index in [9.17, 15) is 15.3 Å². The van der Waals surface area contributed by atoms with Crippen molar-refractivity contribution < 1.29 is 20.1 Å². The van der Waals surface area contributed by atoms with Crippen LogP contribution in [0.3, 0.4) is 0 Å². The third-order valence-electron chi connectivity index (χ3n) is 3.79. The number of hydrogen-bond acceptors (Lipinski definition) is 7. The van der Waals surface area contributed by atoms with Crippen LogP contribution in [0.2, 0.25) is 0 Å². The molecule has 1 unspecified atom stereocenters. The number of H-pyrrole nitrogens is 1. The van der Waals surface area contributed by atoms with Gasteiger partial charge in [0.15, 0.2) is 12.2 Å². The zero-order valence-electron chi connectivity index (χ0n) is 11.2. The molecule has 1 fully saturated rings. The van der Waals surface area contributed by atoms with Crippen molar-refractivity contribution >= 4 is 29.2 Å². The summed E-state index contributed by atoms with van der Waals surface area (Å²) in [5.74, 6) is 0.143. The van der Waals surface area contributed by atoms with Crippen LogP contribution < -0.4 is 5.73 Å². The quantitative estimate of drug-likeness (QED) is 0.480. The zero-order valence-corrected chi connectivity index (χ0v) is 12.0. The highest BCUT2D eigenvalue weighted by Gasteiger charge is 2.53. The highest BCUT2D eigenvalue weighted by atomic mass is 32.1. The second-order valence-corrected chi connectivity index (χ2v) is 5.70. The number of fused-ring (bicyclic) bond motifs is 1. The molecule has 0 aromatic carbocycles. The maximum Gasteiger partial charge on any atom is 0.200 e. The van der Waals surface area contributed by atoms with E-state index < -0.39 is 30.6 Å². The Balaban J connectivity index is 2.15. The SMILES string of the molecule is C[C@@]1(O)C(O)[C@@H](CO)O[C@H]1n1ccc2c(=S)[nH]c(N)nc21. The lowest BCUT2D eigenvalue weighted by molar-refractivity contribution is -0.0948. The normalized spacial score (nSPS) is 32.9. The molecule has 9 heteroatoms. The monoisotopic (exact) mass is 312 g/mol. The summed E-state index contributed by atoms with van der Waals surface area (Å²) >= 11 is 5.17. The number of nitrogens with one attached hydrogen (secondary N) is 1. The summed E-state index contributed by atoms with van der Waals surface area (Å²) in [5.41, 5.74) is 4.51. The minimum atomic E-state index is -1.59. The van der Waals surface area contributed by atoms with Gasteiger partial charge >= 0.3 is 0 Å². The Labute approximate surface area is 124 Å². The molecule has 1 aliphatic heterocycles. The summed E-state index contributed by atoms with van der Waals surface area (Å²) in [6.45, 7) is 1.04. The molecule has 0 spiro atoms. The fourth-order valence-electron chi connectivity index (χ4n) is 2.64. The minimum absolute atomic E-state index is 0.143. The summed E-state index contributed by atoms with van der Waals surface area (Å²) in [7, 11) is 0. The van der Waals surface area contributed by atoms with E-state index in [4.69, 9.17) is 22.7 Å².